The molecule has 3 unspecified atom stereocenters. The van der Waals surface area contributed by atoms with Gasteiger partial charge in [0, 0.05) is 24.7 Å². The molecule has 0 radical (unpaired) electrons. The minimum atomic E-state index is 0.674. The molecule has 21 heavy (non-hydrogen) atoms. The molecular weight excluding hydrogens is 260 g/mol. The van der Waals surface area contributed by atoms with E-state index in [4.69, 9.17) is 4.42 Å². The Bertz CT molecular complexity index is 427. The lowest BCUT2D eigenvalue weighted by Gasteiger charge is -2.39. The van der Waals surface area contributed by atoms with Crippen LogP contribution in [-0.4, -0.2) is 31.6 Å². The molecule has 0 aliphatic heterocycles. The van der Waals surface area contributed by atoms with Gasteiger partial charge in [-0.05, 0) is 64.1 Å². The van der Waals surface area contributed by atoms with Crippen LogP contribution in [0.15, 0.2) is 16.7 Å². The second-order valence-corrected chi connectivity index (χ2v) is 7.17. The number of nitrogens with zero attached hydrogens (tertiary/aromatic N) is 1. The molecule has 3 atom stereocenters. The van der Waals surface area contributed by atoms with Gasteiger partial charge in [0.15, 0.2) is 0 Å². The standard InChI is InChI=1S/C18H32N2O/c1-13(2)15-6-7-18(19-4)17(10-15)12-20(5)11-16-8-9-21-14(16)3/h8-9,13,15,17-19H,6-7,10-12H2,1-5H3. The van der Waals surface area contributed by atoms with Crippen LogP contribution in [0.2, 0.25) is 0 Å². The van der Waals surface area contributed by atoms with Crippen molar-refractivity contribution in [1.82, 2.24) is 10.2 Å². The first-order valence-corrected chi connectivity index (χ1v) is 8.40. The lowest BCUT2D eigenvalue weighted by Crippen LogP contribution is -2.44. The molecule has 0 saturated heterocycles. The van der Waals surface area contributed by atoms with Gasteiger partial charge in [0.05, 0.1) is 6.26 Å². The highest BCUT2D eigenvalue weighted by molar-refractivity contribution is 5.15. The third-order valence-corrected chi connectivity index (χ3v) is 5.29. The number of nitrogens with one attached hydrogen (secondary N) is 1. The summed E-state index contributed by atoms with van der Waals surface area (Å²) in [6.45, 7) is 8.95. The highest BCUT2D eigenvalue weighted by Crippen LogP contribution is 2.34. The summed E-state index contributed by atoms with van der Waals surface area (Å²) in [7, 11) is 4.35. The molecular formula is C18H32N2O. The molecule has 0 spiro atoms. The zero-order valence-electron chi connectivity index (χ0n) is 14.4. The molecule has 0 aromatic carbocycles. The molecule has 1 saturated carbocycles. The van der Waals surface area contributed by atoms with E-state index in [1.807, 2.05) is 0 Å². The van der Waals surface area contributed by atoms with Gasteiger partial charge in [0.1, 0.15) is 5.76 Å². The number of hydrogen-bond acceptors (Lipinski definition) is 3. The maximum atomic E-state index is 5.41. The molecule has 1 aromatic heterocycles. The number of furan rings is 1. The van der Waals surface area contributed by atoms with Gasteiger partial charge in [0.2, 0.25) is 0 Å². The fourth-order valence-corrected chi connectivity index (χ4v) is 3.82. The number of hydrogen-bond donors (Lipinski definition) is 1. The highest BCUT2D eigenvalue weighted by atomic mass is 16.3. The van der Waals surface area contributed by atoms with Gasteiger partial charge in [-0.3, -0.25) is 0 Å². The van der Waals surface area contributed by atoms with Crippen LogP contribution in [0.5, 0.6) is 0 Å². The molecule has 1 fully saturated rings. The van der Waals surface area contributed by atoms with E-state index in [2.05, 4.69) is 51.1 Å². The predicted molar refractivity (Wildman–Crippen MR) is 88.3 cm³/mol. The Morgan fingerprint density at radius 1 is 1.38 bits per heavy atom. The molecule has 0 bridgehead atoms. The monoisotopic (exact) mass is 292 g/mol. The van der Waals surface area contributed by atoms with Crippen LogP contribution >= 0.6 is 0 Å². The summed E-state index contributed by atoms with van der Waals surface area (Å²) in [5, 5.41) is 3.54. The zero-order chi connectivity index (χ0) is 15.4. The lowest BCUT2D eigenvalue weighted by atomic mass is 9.73. The highest BCUT2D eigenvalue weighted by Gasteiger charge is 2.31. The summed E-state index contributed by atoms with van der Waals surface area (Å²) in [5.74, 6) is 3.51. The smallest absolute Gasteiger partial charge is 0.105 e. The van der Waals surface area contributed by atoms with Crippen LogP contribution in [0.25, 0.3) is 0 Å². The van der Waals surface area contributed by atoms with Crippen LogP contribution in [0, 0.1) is 24.7 Å². The van der Waals surface area contributed by atoms with Gasteiger partial charge in [-0.1, -0.05) is 13.8 Å². The maximum absolute atomic E-state index is 5.41. The van der Waals surface area contributed by atoms with Gasteiger partial charge in [0.25, 0.3) is 0 Å². The molecule has 1 aromatic rings. The van der Waals surface area contributed by atoms with Crippen molar-refractivity contribution in [3.8, 4) is 0 Å². The van der Waals surface area contributed by atoms with Crippen molar-refractivity contribution in [2.45, 2.75) is 52.6 Å². The van der Waals surface area contributed by atoms with Crippen molar-refractivity contribution in [3.63, 3.8) is 0 Å². The van der Waals surface area contributed by atoms with Crippen molar-refractivity contribution in [1.29, 1.82) is 0 Å². The molecule has 3 heteroatoms. The summed E-state index contributed by atoms with van der Waals surface area (Å²) >= 11 is 0. The molecule has 1 aliphatic rings. The van der Waals surface area contributed by atoms with Crippen LogP contribution < -0.4 is 5.32 Å². The van der Waals surface area contributed by atoms with Gasteiger partial charge in [-0.2, -0.15) is 0 Å². The van der Waals surface area contributed by atoms with Crippen LogP contribution in [0.1, 0.15) is 44.4 Å². The van der Waals surface area contributed by atoms with Crippen molar-refractivity contribution in [2.75, 3.05) is 20.6 Å². The third-order valence-electron chi connectivity index (χ3n) is 5.29. The van der Waals surface area contributed by atoms with E-state index in [1.54, 1.807) is 6.26 Å². The minimum absolute atomic E-state index is 0.674. The van der Waals surface area contributed by atoms with Crippen LogP contribution in [-0.2, 0) is 6.54 Å². The summed E-state index contributed by atoms with van der Waals surface area (Å²) in [5.41, 5.74) is 1.31. The van der Waals surface area contributed by atoms with E-state index in [0.29, 0.717) is 6.04 Å². The Hall–Kier alpha value is -0.800. The fraction of sp³-hybridized carbons (Fsp3) is 0.778. The maximum Gasteiger partial charge on any atom is 0.105 e. The number of aryl methyl sites for hydroxylation is 1. The van der Waals surface area contributed by atoms with Crippen LogP contribution in [0.4, 0.5) is 0 Å². The Labute approximate surface area is 130 Å². The average molecular weight is 292 g/mol. The molecule has 1 heterocycles. The topological polar surface area (TPSA) is 28.4 Å². The first kappa shape index (κ1) is 16.6. The Morgan fingerprint density at radius 2 is 2.14 bits per heavy atom. The van der Waals surface area contributed by atoms with E-state index >= 15 is 0 Å². The second-order valence-electron chi connectivity index (χ2n) is 7.17. The summed E-state index contributed by atoms with van der Waals surface area (Å²) < 4.78 is 5.41. The predicted octanol–water partition coefficient (Wildman–Crippen LogP) is 3.68. The van der Waals surface area contributed by atoms with Crippen molar-refractivity contribution in [3.05, 3.63) is 23.7 Å². The van der Waals surface area contributed by atoms with Crippen LogP contribution in [0.3, 0.4) is 0 Å². The molecule has 0 amide bonds. The molecule has 1 N–H and O–H groups in total. The van der Waals surface area contributed by atoms with Crippen molar-refractivity contribution < 1.29 is 4.42 Å². The fourth-order valence-electron chi connectivity index (χ4n) is 3.82. The summed E-state index contributed by atoms with van der Waals surface area (Å²) in [6.07, 6.45) is 5.86. The van der Waals surface area contributed by atoms with E-state index in [0.717, 1.165) is 30.1 Å². The quantitative estimate of drug-likeness (QED) is 0.867. The van der Waals surface area contributed by atoms with Gasteiger partial charge >= 0.3 is 0 Å². The van der Waals surface area contributed by atoms with Gasteiger partial charge in [-0.25, -0.2) is 0 Å². The van der Waals surface area contributed by atoms with E-state index in [9.17, 15) is 0 Å². The summed E-state index contributed by atoms with van der Waals surface area (Å²) in [6, 6.07) is 2.77. The first-order chi connectivity index (χ1) is 10.0. The Kier molecular flexibility index (Phi) is 5.88. The first-order valence-electron chi connectivity index (χ1n) is 8.40. The average Bonchev–Trinajstić information content (AvgIpc) is 2.84. The normalized spacial score (nSPS) is 26.7. The second kappa shape index (κ2) is 7.46. The van der Waals surface area contributed by atoms with Crippen molar-refractivity contribution >= 4 is 0 Å². The Balaban J connectivity index is 1.93. The largest absolute Gasteiger partial charge is 0.469 e. The minimum Gasteiger partial charge on any atom is -0.469 e. The van der Waals surface area contributed by atoms with E-state index < -0.39 is 0 Å². The lowest BCUT2D eigenvalue weighted by molar-refractivity contribution is 0.133. The van der Waals surface area contributed by atoms with Gasteiger partial charge in [-0.15, -0.1) is 0 Å². The SMILES string of the molecule is CNC1CCC(C(C)C)CC1CN(C)Cc1ccoc1C. The molecule has 120 valence electrons. The molecule has 2 rings (SSSR count). The summed E-state index contributed by atoms with van der Waals surface area (Å²) in [4.78, 5) is 2.45. The van der Waals surface area contributed by atoms with Gasteiger partial charge < -0.3 is 14.6 Å². The van der Waals surface area contributed by atoms with Crippen molar-refractivity contribution in [2.24, 2.45) is 17.8 Å². The number of rotatable bonds is 6. The third kappa shape index (κ3) is 4.33. The van der Waals surface area contributed by atoms with E-state index in [-0.39, 0.29) is 0 Å². The Morgan fingerprint density at radius 3 is 2.71 bits per heavy atom. The zero-order valence-corrected chi connectivity index (χ0v) is 14.4. The molecule has 1 aliphatic carbocycles. The molecule has 3 nitrogen and oxygen atoms in total. The van der Waals surface area contributed by atoms with E-state index in [1.165, 1.54) is 31.4 Å².